The van der Waals surface area contributed by atoms with E-state index >= 15 is 0 Å². The summed E-state index contributed by atoms with van der Waals surface area (Å²) in [6, 6.07) is 2.33. The molecule has 1 fully saturated rings. The summed E-state index contributed by atoms with van der Waals surface area (Å²) in [4.78, 5) is 10.6. The predicted molar refractivity (Wildman–Crippen MR) is 77.2 cm³/mol. The molecule has 0 radical (unpaired) electrons. The Morgan fingerprint density at radius 3 is 2.62 bits per heavy atom. The van der Waals surface area contributed by atoms with Crippen molar-refractivity contribution < 1.29 is 23.4 Å². The summed E-state index contributed by atoms with van der Waals surface area (Å²) in [6.07, 6.45) is 0.856. The fraction of sp³-hybridized carbons (Fsp3) is 0.417. The normalized spacial score (nSPS) is 20.4. The van der Waals surface area contributed by atoms with Crippen LogP contribution in [0.1, 0.15) is 12.8 Å². The third-order valence-electron chi connectivity index (χ3n) is 3.34. The van der Waals surface area contributed by atoms with E-state index in [1.54, 1.807) is 0 Å². The molecule has 2 N–H and O–H groups in total. The van der Waals surface area contributed by atoms with Crippen LogP contribution in [-0.2, 0) is 14.8 Å². The van der Waals surface area contributed by atoms with Gasteiger partial charge in [0.2, 0.25) is 10.0 Å². The highest BCUT2D eigenvalue weighted by Crippen LogP contribution is 2.36. The first kappa shape index (κ1) is 16.4. The number of phenols is 1. The molecule has 21 heavy (non-hydrogen) atoms. The minimum atomic E-state index is -4.05. The molecule has 0 bridgehead atoms. The van der Waals surface area contributed by atoms with Crippen LogP contribution in [0.4, 0.5) is 0 Å². The average molecular weight is 354 g/mol. The summed E-state index contributed by atoms with van der Waals surface area (Å²) in [7, 11) is -4.05. The van der Waals surface area contributed by atoms with Gasteiger partial charge < -0.3 is 10.2 Å². The molecule has 0 aromatic heterocycles. The van der Waals surface area contributed by atoms with Gasteiger partial charge in [-0.3, -0.25) is 4.79 Å². The summed E-state index contributed by atoms with van der Waals surface area (Å²) < 4.78 is 26.1. The summed E-state index contributed by atoms with van der Waals surface area (Å²) in [5.74, 6) is -2.38. The molecule has 1 atom stereocenters. The molecule has 1 aromatic rings. The van der Waals surface area contributed by atoms with Crippen LogP contribution in [0.5, 0.6) is 5.75 Å². The number of piperidine rings is 1. The number of aromatic hydroxyl groups is 1. The van der Waals surface area contributed by atoms with Gasteiger partial charge in [-0.1, -0.05) is 23.2 Å². The van der Waals surface area contributed by atoms with E-state index in [0.29, 0.717) is 12.8 Å². The summed E-state index contributed by atoms with van der Waals surface area (Å²) in [5, 5.41) is 18.8. The zero-order valence-electron chi connectivity index (χ0n) is 10.8. The zero-order valence-corrected chi connectivity index (χ0v) is 13.1. The van der Waals surface area contributed by atoms with E-state index in [9.17, 15) is 18.3 Å². The summed E-state index contributed by atoms with van der Waals surface area (Å²) in [5.41, 5.74) is 0. The zero-order chi connectivity index (χ0) is 15.8. The fourth-order valence-corrected chi connectivity index (χ4v) is 4.51. The van der Waals surface area contributed by atoms with Crippen molar-refractivity contribution in [3.05, 3.63) is 22.2 Å². The van der Waals surface area contributed by atoms with Crippen molar-refractivity contribution in [2.45, 2.75) is 17.7 Å². The molecule has 1 aliphatic heterocycles. The van der Waals surface area contributed by atoms with E-state index in [-0.39, 0.29) is 23.1 Å². The van der Waals surface area contributed by atoms with Crippen molar-refractivity contribution in [2.75, 3.05) is 13.1 Å². The number of nitrogens with zero attached hydrogens (tertiary/aromatic N) is 1. The van der Waals surface area contributed by atoms with Crippen molar-refractivity contribution >= 4 is 39.2 Å². The molecule has 1 saturated heterocycles. The van der Waals surface area contributed by atoms with Gasteiger partial charge in [0.05, 0.1) is 10.9 Å². The number of benzene rings is 1. The first-order chi connectivity index (χ1) is 9.73. The van der Waals surface area contributed by atoms with Gasteiger partial charge in [-0.05, 0) is 25.0 Å². The van der Waals surface area contributed by atoms with E-state index < -0.39 is 32.6 Å². The minimum Gasteiger partial charge on any atom is -0.505 e. The number of carboxylic acid groups (broad SMARTS) is 1. The van der Waals surface area contributed by atoms with Crippen LogP contribution in [0.3, 0.4) is 0 Å². The molecular formula is C12H13Cl2NO5S. The Hall–Kier alpha value is -1.02. The molecule has 6 nitrogen and oxygen atoms in total. The number of phenolic OH excluding ortho intramolecular Hbond substituents is 1. The van der Waals surface area contributed by atoms with Gasteiger partial charge in [0.1, 0.15) is 4.90 Å². The Labute approximate surface area is 131 Å². The quantitative estimate of drug-likeness (QED) is 0.868. The highest BCUT2D eigenvalue weighted by molar-refractivity contribution is 7.89. The summed E-state index contributed by atoms with van der Waals surface area (Å²) in [6.45, 7) is 0.0525. The van der Waals surface area contributed by atoms with E-state index in [0.717, 1.165) is 10.4 Å². The van der Waals surface area contributed by atoms with Crippen LogP contribution in [0.2, 0.25) is 10.0 Å². The smallest absolute Gasteiger partial charge is 0.307 e. The molecule has 116 valence electrons. The van der Waals surface area contributed by atoms with Crippen LogP contribution < -0.4 is 0 Å². The molecule has 1 heterocycles. The van der Waals surface area contributed by atoms with Crippen LogP contribution >= 0.6 is 23.2 Å². The molecule has 0 saturated carbocycles. The maximum atomic E-state index is 12.5. The highest BCUT2D eigenvalue weighted by atomic mass is 35.5. The van der Waals surface area contributed by atoms with Crippen molar-refractivity contribution in [3.8, 4) is 5.75 Å². The second kappa shape index (κ2) is 6.00. The number of carboxylic acids is 1. The maximum absolute atomic E-state index is 12.5. The monoisotopic (exact) mass is 353 g/mol. The number of carbonyl (C=O) groups is 1. The van der Waals surface area contributed by atoms with E-state index in [1.165, 1.54) is 6.07 Å². The number of hydrogen-bond acceptors (Lipinski definition) is 4. The fourth-order valence-electron chi connectivity index (χ4n) is 2.24. The summed E-state index contributed by atoms with van der Waals surface area (Å²) >= 11 is 11.5. The molecule has 1 aromatic carbocycles. The third-order valence-corrected chi connectivity index (χ3v) is 5.73. The minimum absolute atomic E-state index is 0.0724. The van der Waals surface area contributed by atoms with Gasteiger partial charge in [0.15, 0.2) is 5.75 Å². The lowest BCUT2D eigenvalue weighted by atomic mass is 10.0. The van der Waals surface area contributed by atoms with Gasteiger partial charge in [0, 0.05) is 18.1 Å². The second-order valence-electron chi connectivity index (χ2n) is 4.77. The molecule has 0 unspecified atom stereocenters. The topological polar surface area (TPSA) is 94.9 Å². The van der Waals surface area contributed by atoms with Crippen molar-refractivity contribution in [3.63, 3.8) is 0 Å². The Balaban J connectivity index is 2.40. The van der Waals surface area contributed by atoms with Crippen LogP contribution in [0.25, 0.3) is 0 Å². The standard InChI is InChI=1S/C12H13Cl2NO5S/c13-8-4-9(14)11(16)10(5-8)21(19,20)15-3-1-2-7(6-15)12(17)18/h4-5,7,16H,1-3,6H2,(H,17,18)/t7-/m1/s1. The molecule has 9 heteroatoms. The Morgan fingerprint density at radius 1 is 1.33 bits per heavy atom. The van der Waals surface area contributed by atoms with Crippen molar-refractivity contribution in [2.24, 2.45) is 5.92 Å². The van der Waals surface area contributed by atoms with E-state index in [2.05, 4.69) is 0 Å². The largest absolute Gasteiger partial charge is 0.505 e. The number of rotatable bonds is 3. The van der Waals surface area contributed by atoms with Gasteiger partial charge in [-0.25, -0.2) is 8.42 Å². The van der Waals surface area contributed by atoms with Crippen LogP contribution in [-0.4, -0.2) is 42.0 Å². The van der Waals surface area contributed by atoms with Crippen molar-refractivity contribution in [1.29, 1.82) is 0 Å². The molecule has 0 spiro atoms. The third kappa shape index (κ3) is 3.26. The number of halogens is 2. The van der Waals surface area contributed by atoms with Crippen molar-refractivity contribution in [1.82, 2.24) is 4.31 Å². The maximum Gasteiger partial charge on any atom is 0.307 e. The lowest BCUT2D eigenvalue weighted by Gasteiger charge is -2.30. The lowest BCUT2D eigenvalue weighted by Crippen LogP contribution is -2.42. The van der Waals surface area contributed by atoms with Crippen LogP contribution in [0.15, 0.2) is 17.0 Å². The highest BCUT2D eigenvalue weighted by Gasteiger charge is 2.35. The predicted octanol–water partition coefficient (Wildman–Crippen LogP) is 2.18. The van der Waals surface area contributed by atoms with Gasteiger partial charge in [-0.15, -0.1) is 0 Å². The number of aliphatic carboxylic acids is 1. The Morgan fingerprint density at radius 2 is 2.00 bits per heavy atom. The second-order valence-corrected chi connectivity index (χ2v) is 7.52. The van der Waals surface area contributed by atoms with Gasteiger partial charge in [0.25, 0.3) is 0 Å². The first-order valence-corrected chi connectivity index (χ1v) is 8.34. The number of sulfonamides is 1. The molecule has 0 aliphatic carbocycles. The van der Waals surface area contributed by atoms with E-state index in [1.807, 2.05) is 0 Å². The Bertz CT molecular complexity index is 676. The van der Waals surface area contributed by atoms with Crippen LogP contribution in [0, 0.1) is 5.92 Å². The molecule has 0 amide bonds. The van der Waals surface area contributed by atoms with E-state index in [4.69, 9.17) is 28.3 Å². The van der Waals surface area contributed by atoms with Gasteiger partial charge >= 0.3 is 5.97 Å². The van der Waals surface area contributed by atoms with Gasteiger partial charge in [-0.2, -0.15) is 4.31 Å². The number of hydrogen-bond donors (Lipinski definition) is 2. The Kier molecular flexibility index (Phi) is 4.67. The SMILES string of the molecule is O=C(O)[C@@H]1CCCN(S(=O)(=O)c2cc(Cl)cc(Cl)c2O)C1. The molecule has 2 rings (SSSR count). The first-order valence-electron chi connectivity index (χ1n) is 6.14. The molecule has 1 aliphatic rings. The average Bonchev–Trinajstić information content (AvgIpc) is 2.42. The molecular weight excluding hydrogens is 341 g/mol. The lowest BCUT2D eigenvalue weighted by molar-refractivity contribution is -0.142.